The number of fused-ring (bicyclic) bond motifs is 2. The molecule has 8 heteroatoms. The Hall–Kier alpha value is -2.61. The van der Waals surface area contributed by atoms with Crippen LogP contribution >= 0.6 is 0 Å². The predicted molar refractivity (Wildman–Crippen MR) is 94.4 cm³/mol. The van der Waals surface area contributed by atoms with Gasteiger partial charge in [0.2, 0.25) is 6.79 Å². The highest BCUT2D eigenvalue weighted by Gasteiger charge is 2.32. The van der Waals surface area contributed by atoms with E-state index in [9.17, 15) is 18.3 Å². The third-order valence-electron chi connectivity index (χ3n) is 5.17. The lowest BCUT2D eigenvalue weighted by Gasteiger charge is -2.24. The maximum Gasteiger partial charge on any atom is 0.573 e. The van der Waals surface area contributed by atoms with Crippen LogP contribution in [0.15, 0.2) is 30.3 Å². The van der Waals surface area contributed by atoms with Crippen molar-refractivity contribution in [3.05, 3.63) is 47.0 Å². The van der Waals surface area contributed by atoms with Gasteiger partial charge in [0.05, 0.1) is 0 Å². The zero-order chi connectivity index (χ0) is 19.9. The van der Waals surface area contributed by atoms with Gasteiger partial charge in [-0.05, 0) is 60.7 Å². The average Bonchev–Trinajstić information content (AvgIpc) is 3.24. The first-order valence-electron chi connectivity index (χ1n) is 9.01. The number of rotatable bonds is 5. The molecule has 0 bridgehead atoms. The number of hydrogen-bond acceptors (Lipinski definition) is 5. The Kier molecular flexibility index (Phi) is 4.74. The zero-order valence-corrected chi connectivity index (χ0v) is 15.3. The third kappa shape index (κ3) is 3.96. The molecular weight excluding hydrogens is 375 g/mol. The Morgan fingerprint density at radius 3 is 2.36 bits per heavy atom. The molecule has 0 radical (unpaired) electrons. The normalized spacial score (nSPS) is 16.9. The summed E-state index contributed by atoms with van der Waals surface area (Å²) in [5, 5.41) is 9.56. The molecule has 1 unspecified atom stereocenters. The number of alkyl halides is 3. The molecule has 0 amide bonds. The number of aryl methyl sites for hydroxylation is 1. The monoisotopic (exact) mass is 395 g/mol. The molecule has 150 valence electrons. The highest BCUT2D eigenvalue weighted by Crippen LogP contribution is 2.39. The van der Waals surface area contributed by atoms with Crippen LogP contribution in [-0.2, 0) is 19.5 Å². The molecule has 4 rings (SSSR count). The van der Waals surface area contributed by atoms with Crippen molar-refractivity contribution in [1.82, 2.24) is 4.90 Å². The lowest BCUT2D eigenvalue weighted by molar-refractivity contribution is -0.275. The van der Waals surface area contributed by atoms with Crippen LogP contribution in [-0.4, -0.2) is 29.2 Å². The van der Waals surface area contributed by atoms with Crippen molar-refractivity contribution in [3.8, 4) is 23.0 Å². The summed E-state index contributed by atoms with van der Waals surface area (Å²) in [6.45, 7) is 3.95. The highest BCUT2D eigenvalue weighted by atomic mass is 19.4. The van der Waals surface area contributed by atoms with Gasteiger partial charge in [0.15, 0.2) is 23.0 Å². The first-order valence-corrected chi connectivity index (χ1v) is 9.01. The lowest BCUT2D eigenvalue weighted by atomic mass is 10.0. The minimum Gasteiger partial charge on any atom is -0.504 e. The molecule has 2 aromatic carbocycles. The Labute approximate surface area is 160 Å². The number of halogens is 3. The van der Waals surface area contributed by atoms with E-state index in [0.717, 1.165) is 31.0 Å². The van der Waals surface area contributed by atoms with Crippen LogP contribution in [0.2, 0.25) is 0 Å². The van der Waals surface area contributed by atoms with E-state index in [0.29, 0.717) is 12.0 Å². The molecule has 0 saturated heterocycles. The van der Waals surface area contributed by atoms with Crippen LogP contribution in [0.4, 0.5) is 13.2 Å². The molecular formula is C20H20F3NO4. The van der Waals surface area contributed by atoms with Gasteiger partial charge in [-0.25, -0.2) is 0 Å². The van der Waals surface area contributed by atoms with Crippen molar-refractivity contribution in [2.45, 2.75) is 45.3 Å². The molecule has 28 heavy (non-hydrogen) atoms. The molecule has 2 aromatic rings. The number of phenolic OH excluding ortho intramolecular Hbond substituents is 1. The molecule has 5 nitrogen and oxygen atoms in total. The summed E-state index contributed by atoms with van der Waals surface area (Å²) in [5.41, 5.74) is 3.10. The molecule has 0 aliphatic carbocycles. The summed E-state index contributed by atoms with van der Waals surface area (Å²) < 4.78 is 52.0. The van der Waals surface area contributed by atoms with Gasteiger partial charge in [-0.1, -0.05) is 6.07 Å². The summed E-state index contributed by atoms with van der Waals surface area (Å²) >= 11 is 0. The Bertz CT molecular complexity index is 851. The highest BCUT2D eigenvalue weighted by molar-refractivity contribution is 5.50. The number of aromatic hydroxyl groups is 1. The topological polar surface area (TPSA) is 51.2 Å². The Morgan fingerprint density at radius 1 is 1.11 bits per heavy atom. The van der Waals surface area contributed by atoms with E-state index in [2.05, 4.69) is 16.6 Å². The van der Waals surface area contributed by atoms with Crippen molar-refractivity contribution in [3.63, 3.8) is 0 Å². The molecule has 2 aliphatic heterocycles. The number of phenols is 1. The minimum atomic E-state index is -4.83. The minimum absolute atomic E-state index is 0.227. The number of nitrogens with zero attached hydrogens (tertiary/aromatic N) is 1. The van der Waals surface area contributed by atoms with Gasteiger partial charge in [-0.3, -0.25) is 4.90 Å². The summed E-state index contributed by atoms with van der Waals surface area (Å²) in [5.74, 6) is 0.450. The molecule has 1 atom stereocenters. The van der Waals surface area contributed by atoms with E-state index >= 15 is 0 Å². The molecule has 0 aromatic heterocycles. The predicted octanol–water partition coefficient (Wildman–Crippen LogP) is 4.36. The zero-order valence-electron chi connectivity index (χ0n) is 15.3. The fourth-order valence-electron chi connectivity index (χ4n) is 3.60. The van der Waals surface area contributed by atoms with Crippen LogP contribution in [0.1, 0.15) is 30.0 Å². The Morgan fingerprint density at radius 2 is 1.75 bits per heavy atom. The third-order valence-corrected chi connectivity index (χ3v) is 5.17. The van der Waals surface area contributed by atoms with E-state index in [1.807, 2.05) is 12.1 Å². The van der Waals surface area contributed by atoms with Crippen LogP contribution in [0, 0.1) is 0 Å². The first-order chi connectivity index (χ1) is 13.3. The molecule has 2 aliphatic rings. The quantitative estimate of drug-likeness (QED) is 0.816. The number of ether oxygens (including phenoxy) is 3. The number of benzene rings is 2. The average molecular weight is 395 g/mol. The lowest BCUT2D eigenvalue weighted by Crippen LogP contribution is -2.28. The smallest absolute Gasteiger partial charge is 0.504 e. The number of hydrogen-bond donors (Lipinski definition) is 1. The van der Waals surface area contributed by atoms with Gasteiger partial charge in [-0.15, -0.1) is 13.2 Å². The van der Waals surface area contributed by atoms with E-state index < -0.39 is 17.9 Å². The van der Waals surface area contributed by atoms with Crippen LogP contribution < -0.4 is 14.2 Å². The van der Waals surface area contributed by atoms with E-state index in [4.69, 9.17) is 9.47 Å². The second kappa shape index (κ2) is 7.09. The van der Waals surface area contributed by atoms with Crippen molar-refractivity contribution >= 4 is 0 Å². The van der Waals surface area contributed by atoms with E-state index in [1.54, 1.807) is 6.07 Å². The fraction of sp³-hybridized carbons (Fsp3) is 0.400. The largest absolute Gasteiger partial charge is 0.573 e. The first kappa shape index (κ1) is 18.7. The van der Waals surface area contributed by atoms with Gasteiger partial charge in [0.25, 0.3) is 0 Å². The van der Waals surface area contributed by atoms with E-state index in [-0.39, 0.29) is 12.8 Å². The van der Waals surface area contributed by atoms with Crippen LogP contribution in [0.3, 0.4) is 0 Å². The molecule has 0 fully saturated rings. The maximum absolute atomic E-state index is 12.4. The van der Waals surface area contributed by atoms with Gasteiger partial charge in [0, 0.05) is 19.1 Å². The molecule has 0 spiro atoms. The van der Waals surface area contributed by atoms with Gasteiger partial charge >= 0.3 is 6.36 Å². The van der Waals surface area contributed by atoms with Crippen molar-refractivity contribution in [2.24, 2.45) is 0 Å². The summed E-state index contributed by atoms with van der Waals surface area (Å²) in [6.07, 6.45) is -3.50. The van der Waals surface area contributed by atoms with Crippen molar-refractivity contribution in [2.75, 3.05) is 6.79 Å². The molecule has 0 saturated carbocycles. The second-order valence-electron chi connectivity index (χ2n) is 7.12. The van der Waals surface area contributed by atoms with Crippen LogP contribution in [0.5, 0.6) is 23.0 Å². The van der Waals surface area contributed by atoms with E-state index in [1.165, 1.54) is 23.3 Å². The van der Waals surface area contributed by atoms with Crippen molar-refractivity contribution in [1.29, 1.82) is 0 Å². The fourth-order valence-corrected chi connectivity index (χ4v) is 3.60. The summed E-state index contributed by atoms with van der Waals surface area (Å²) in [6, 6.07) is 8.35. The van der Waals surface area contributed by atoms with Gasteiger partial charge in [0.1, 0.15) is 0 Å². The standard InChI is InChI=1S/C20H20F3NO4/c1-12(2-3-13-4-5-16(25)17(6-13)28-20(21,22)23)24-9-14-7-18-19(27-11-26-18)8-15(14)10-24/h4-8,12,25H,2-3,9-11H2,1H3. The summed E-state index contributed by atoms with van der Waals surface area (Å²) in [4.78, 5) is 2.31. The van der Waals surface area contributed by atoms with Gasteiger partial charge < -0.3 is 19.3 Å². The van der Waals surface area contributed by atoms with Gasteiger partial charge in [-0.2, -0.15) is 0 Å². The summed E-state index contributed by atoms with van der Waals surface area (Å²) in [7, 11) is 0. The SMILES string of the molecule is CC(CCc1ccc(O)c(OC(F)(F)F)c1)N1Cc2cc3c(cc2C1)OCO3. The maximum atomic E-state index is 12.4. The Balaban J connectivity index is 1.37. The molecule has 2 heterocycles. The molecule has 1 N–H and O–H groups in total. The van der Waals surface area contributed by atoms with Crippen molar-refractivity contribution < 1.29 is 32.5 Å². The van der Waals surface area contributed by atoms with Crippen LogP contribution in [0.25, 0.3) is 0 Å². The second-order valence-corrected chi connectivity index (χ2v) is 7.12.